The number of fused-ring (bicyclic) bond motifs is 2. The van der Waals surface area contributed by atoms with Crippen molar-refractivity contribution in [2.24, 2.45) is 0 Å². The van der Waals surface area contributed by atoms with E-state index in [4.69, 9.17) is 4.74 Å². The average molecular weight is 486 g/mol. The Morgan fingerprint density at radius 3 is 2.47 bits per heavy atom. The molecule has 3 aromatic rings. The van der Waals surface area contributed by atoms with Crippen molar-refractivity contribution < 1.29 is 4.74 Å². The fourth-order valence-electron chi connectivity index (χ4n) is 5.00. The Morgan fingerprint density at radius 2 is 1.69 bits per heavy atom. The lowest BCUT2D eigenvalue weighted by Gasteiger charge is -2.33. The Hall–Kier alpha value is -3.65. The topological polar surface area (TPSA) is 87.2 Å². The lowest BCUT2D eigenvalue weighted by Crippen LogP contribution is -2.44. The highest BCUT2D eigenvalue weighted by atomic mass is 16.5. The molecule has 0 saturated carbocycles. The highest BCUT2D eigenvalue weighted by molar-refractivity contribution is 5.47. The molecule has 3 heterocycles. The lowest BCUT2D eigenvalue weighted by molar-refractivity contribution is 0.306. The van der Waals surface area contributed by atoms with Crippen molar-refractivity contribution in [2.45, 2.75) is 38.3 Å². The Bertz CT molecular complexity index is 1130. The van der Waals surface area contributed by atoms with Gasteiger partial charge in [0.15, 0.2) is 0 Å². The van der Waals surface area contributed by atoms with Crippen LogP contribution in [0, 0.1) is 0 Å². The van der Waals surface area contributed by atoms with Gasteiger partial charge in [0.2, 0.25) is 17.8 Å². The Morgan fingerprint density at radius 1 is 0.972 bits per heavy atom. The van der Waals surface area contributed by atoms with Crippen molar-refractivity contribution >= 4 is 17.8 Å². The maximum absolute atomic E-state index is 6.15. The molecule has 3 N–H and O–H groups in total. The number of rotatable bonds is 9. The Kier molecular flexibility index (Phi) is 7.61. The van der Waals surface area contributed by atoms with Gasteiger partial charge in [0.25, 0.3) is 0 Å². The molecule has 1 saturated heterocycles. The monoisotopic (exact) mass is 485 g/mol. The van der Waals surface area contributed by atoms with Gasteiger partial charge in [0.05, 0.1) is 0 Å². The van der Waals surface area contributed by atoms with Gasteiger partial charge < -0.3 is 25.6 Å². The molecule has 1 atom stereocenters. The Labute approximate surface area is 213 Å². The van der Waals surface area contributed by atoms with Crippen LogP contribution in [-0.4, -0.2) is 53.7 Å². The largest absolute Gasteiger partial charge is 0.489 e. The first-order valence-electron chi connectivity index (χ1n) is 12.9. The van der Waals surface area contributed by atoms with Crippen LogP contribution >= 0.6 is 0 Å². The number of anilines is 3. The summed E-state index contributed by atoms with van der Waals surface area (Å²) in [6.07, 6.45) is 3.86. The van der Waals surface area contributed by atoms with E-state index in [9.17, 15) is 0 Å². The van der Waals surface area contributed by atoms with Gasteiger partial charge in [0.1, 0.15) is 12.4 Å². The van der Waals surface area contributed by atoms with Crippen molar-refractivity contribution in [1.82, 2.24) is 20.3 Å². The number of aromatic nitrogens is 3. The minimum absolute atomic E-state index is 0.266. The van der Waals surface area contributed by atoms with Crippen LogP contribution in [0.2, 0.25) is 0 Å². The molecule has 0 spiro atoms. The number of benzene rings is 2. The zero-order chi connectivity index (χ0) is 24.7. The van der Waals surface area contributed by atoms with E-state index in [1.54, 1.807) is 6.08 Å². The zero-order valence-corrected chi connectivity index (χ0v) is 20.9. The summed E-state index contributed by atoms with van der Waals surface area (Å²) in [7, 11) is 0. The van der Waals surface area contributed by atoms with Gasteiger partial charge in [-0.15, -0.1) is 6.58 Å². The number of nitrogens with zero attached hydrogens (tertiary/aromatic N) is 4. The van der Waals surface area contributed by atoms with E-state index in [2.05, 4.69) is 90.9 Å². The second-order valence-electron chi connectivity index (χ2n) is 9.23. The van der Waals surface area contributed by atoms with E-state index in [1.165, 1.54) is 16.7 Å². The van der Waals surface area contributed by atoms with Crippen molar-refractivity contribution in [2.75, 3.05) is 48.3 Å². The fraction of sp³-hybridized carbons (Fsp3) is 0.393. The first-order chi connectivity index (χ1) is 17.7. The minimum atomic E-state index is 0.266. The molecule has 0 unspecified atom stereocenters. The molecule has 5 rings (SSSR count). The standard InChI is InChI=1S/C28H35N7O/c1-3-15-30-27-32-26(29-4-2)33-28(34-27)35-16-13-21(14-17-35)31-18-24-22-10-6-5-9-20(22)19-36-25-12-8-7-11-23(24)25/h3,5-12,21,24,31H,1,4,13-19H2,2H3,(H2,29,30,32,33,34)/t24-/m0/s1. The normalized spacial score (nSPS) is 17.4. The molecule has 8 nitrogen and oxygen atoms in total. The van der Waals surface area contributed by atoms with Gasteiger partial charge in [-0.3, -0.25) is 0 Å². The number of piperidine rings is 1. The van der Waals surface area contributed by atoms with Crippen LogP contribution in [0.25, 0.3) is 0 Å². The van der Waals surface area contributed by atoms with E-state index in [0.717, 1.165) is 50.7 Å². The van der Waals surface area contributed by atoms with Crippen molar-refractivity contribution in [3.05, 3.63) is 77.9 Å². The molecular weight excluding hydrogens is 450 g/mol. The second kappa shape index (κ2) is 11.4. The van der Waals surface area contributed by atoms with Crippen molar-refractivity contribution in [3.8, 4) is 5.75 Å². The quantitative estimate of drug-likeness (QED) is 0.389. The molecule has 0 amide bonds. The molecule has 188 valence electrons. The maximum Gasteiger partial charge on any atom is 0.231 e. The van der Waals surface area contributed by atoms with E-state index in [0.29, 0.717) is 31.1 Å². The van der Waals surface area contributed by atoms with E-state index >= 15 is 0 Å². The fourth-order valence-corrected chi connectivity index (χ4v) is 5.00. The van der Waals surface area contributed by atoms with Gasteiger partial charge in [-0.2, -0.15) is 15.0 Å². The predicted octanol–water partition coefficient (Wildman–Crippen LogP) is 4.18. The highest BCUT2D eigenvalue weighted by Gasteiger charge is 2.27. The van der Waals surface area contributed by atoms with Crippen LogP contribution in [0.15, 0.2) is 61.2 Å². The lowest BCUT2D eigenvalue weighted by atomic mass is 9.88. The summed E-state index contributed by atoms with van der Waals surface area (Å²) >= 11 is 0. The molecule has 8 heteroatoms. The number of para-hydroxylation sites is 1. The van der Waals surface area contributed by atoms with Crippen LogP contribution in [-0.2, 0) is 6.61 Å². The molecule has 2 aliphatic heterocycles. The van der Waals surface area contributed by atoms with Gasteiger partial charge in [0, 0.05) is 50.2 Å². The van der Waals surface area contributed by atoms with Crippen LogP contribution in [0.4, 0.5) is 17.8 Å². The minimum Gasteiger partial charge on any atom is -0.489 e. The van der Waals surface area contributed by atoms with Crippen LogP contribution in [0.5, 0.6) is 5.75 Å². The molecule has 0 aliphatic carbocycles. The summed E-state index contributed by atoms with van der Waals surface area (Å²) < 4.78 is 6.15. The first-order valence-corrected chi connectivity index (χ1v) is 12.9. The van der Waals surface area contributed by atoms with Gasteiger partial charge in [-0.1, -0.05) is 48.5 Å². The molecular formula is C28H35N7O. The first kappa shape index (κ1) is 24.1. The van der Waals surface area contributed by atoms with Crippen LogP contribution in [0.1, 0.15) is 42.4 Å². The SMILES string of the molecule is C=CCNc1nc(NCC)nc(N2CCC(NC[C@H]3c4ccccc4COc4ccccc43)CC2)n1. The van der Waals surface area contributed by atoms with Gasteiger partial charge in [-0.05, 0) is 37.0 Å². The summed E-state index contributed by atoms with van der Waals surface area (Å²) in [6.45, 7) is 10.5. The number of hydrogen-bond donors (Lipinski definition) is 3. The molecule has 1 aromatic heterocycles. The predicted molar refractivity (Wildman–Crippen MR) is 145 cm³/mol. The molecule has 0 radical (unpaired) electrons. The third kappa shape index (κ3) is 5.44. The maximum atomic E-state index is 6.15. The highest BCUT2D eigenvalue weighted by Crippen LogP contribution is 2.37. The van der Waals surface area contributed by atoms with Gasteiger partial charge >= 0.3 is 0 Å². The molecule has 0 bridgehead atoms. The van der Waals surface area contributed by atoms with Crippen LogP contribution in [0.3, 0.4) is 0 Å². The van der Waals surface area contributed by atoms with E-state index in [-0.39, 0.29) is 5.92 Å². The molecule has 1 fully saturated rings. The second-order valence-corrected chi connectivity index (χ2v) is 9.23. The summed E-state index contributed by atoms with van der Waals surface area (Å²) in [5.41, 5.74) is 3.88. The van der Waals surface area contributed by atoms with E-state index in [1.807, 2.05) is 6.92 Å². The molecule has 2 aromatic carbocycles. The number of hydrogen-bond acceptors (Lipinski definition) is 8. The van der Waals surface area contributed by atoms with Crippen LogP contribution < -0.4 is 25.6 Å². The number of ether oxygens (including phenoxy) is 1. The molecule has 2 aliphatic rings. The van der Waals surface area contributed by atoms with E-state index < -0.39 is 0 Å². The molecule has 36 heavy (non-hydrogen) atoms. The third-order valence-corrected chi connectivity index (χ3v) is 6.86. The average Bonchev–Trinajstić information content (AvgIpc) is 3.08. The summed E-state index contributed by atoms with van der Waals surface area (Å²) in [6, 6.07) is 17.5. The summed E-state index contributed by atoms with van der Waals surface area (Å²) in [4.78, 5) is 16.0. The van der Waals surface area contributed by atoms with Crippen molar-refractivity contribution in [1.29, 1.82) is 0 Å². The summed E-state index contributed by atoms with van der Waals surface area (Å²) in [5.74, 6) is 3.14. The number of nitrogens with one attached hydrogen (secondary N) is 3. The Balaban J connectivity index is 1.25. The van der Waals surface area contributed by atoms with Crippen molar-refractivity contribution in [3.63, 3.8) is 0 Å². The third-order valence-electron chi connectivity index (χ3n) is 6.86. The van der Waals surface area contributed by atoms with Gasteiger partial charge in [-0.25, -0.2) is 0 Å². The zero-order valence-electron chi connectivity index (χ0n) is 20.9. The smallest absolute Gasteiger partial charge is 0.231 e. The summed E-state index contributed by atoms with van der Waals surface area (Å²) in [5, 5.41) is 10.3.